The van der Waals surface area contributed by atoms with Gasteiger partial charge in [0.25, 0.3) is 0 Å². The number of benzene rings is 2. The third-order valence-electron chi connectivity index (χ3n) is 4.41. The largest absolute Gasteiger partial charge is 0.330 e. The van der Waals surface area contributed by atoms with Crippen LogP contribution in [0.4, 0.5) is 5.13 Å². The van der Waals surface area contributed by atoms with Crippen molar-refractivity contribution in [2.45, 2.75) is 25.8 Å². The Kier molecular flexibility index (Phi) is 6.55. The van der Waals surface area contributed by atoms with Crippen molar-refractivity contribution in [1.29, 1.82) is 0 Å². The van der Waals surface area contributed by atoms with Gasteiger partial charge in [0.15, 0.2) is 5.13 Å². The first-order valence-electron chi connectivity index (χ1n) is 9.16. The van der Waals surface area contributed by atoms with Crippen molar-refractivity contribution >= 4 is 28.3 Å². The molecule has 3 aromatic rings. The number of nitrogens with one attached hydrogen (secondary N) is 1. The lowest BCUT2D eigenvalue weighted by Gasteiger charge is -2.30. The van der Waals surface area contributed by atoms with E-state index in [0.717, 1.165) is 11.1 Å². The lowest BCUT2D eigenvalue weighted by atomic mass is 9.89. The second-order valence-corrected chi connectivity index (χ2v) is 7.59. The minimum atomic E-state index is -0.461. The molecule has 0 saturated carbocycles. The average Bonchev–Trinajstić information content (AvgIpc) is 3.20. The van der Waals surface area contributed by atoms with Gasteiger partial charge in [0.05, 0.1) is 5.92 Å². The zero-order valence-corrected chi connectivity index (χ0v) is 16.7. The van der Waals surface area contributed by atoms with Crippen molar-refractivity contribution in [3.63, 3.8) is 0 Å². The van der Waals surface area contributed by atoms with Gasteiger partial charge in [0.1, 0.15) is 6.54 Å². The fourth-order valence-electron chi connectivity index (χ4n) is 3.05. The molecule has 144 valence electrons. The highest BCUT2D eigenvalue weighted by atomic mass is 32.1. The van der Waals surface area contributed by atoms with Crippen molar-refractivity contribution in [2.75, 3.05) is 11.9 Å². The topological polar surface area (TPSA) is 62.3 Å². The summed E-state index contributed by atoms with van der Waals surface area (Å²) in [6.45, 7) is 3.81. The van der Waals surface area contributed by atoms with Gasteiger partial charge in [-0.1, -0.05) is 60.7 Å². The van der Waals surface area contributed by atoms with Crippen LogP contribution in [-0.4, -0.2) is 34.3 Å². The number of hydrogen-bond donors (Lipinski definition) is 1. The van der Waals surface area contributed by atoms with E-state index < -0.39 is 5.92 Å². The summed E-state index contributed by atoms with van der Waals surface area (Å²) < 4.78 is 0. The second kappa shape index (κ2) is 9.28. The molecule has 1 heterocycles. The maximum atomic E-state index is 13.6. The molecule has 0 aliphatic rings. The van der Waals surface area contributed by atoms with Crippen LogP contribution in [0.25, 0.3) is 0 Å². The van der Waals surface area contributed by atoms with Crippen molar-refractivity contribution in [1.82, 2.24) is 9.88 Å². The molecule has 0 saturated heterocycles. The lowest BCUT2D eigenvalue weighted by Crippen LogP contribution is -2.44. The molecule has 0 fully saturated rings. The smallest absolute Gasteiger partial charge is 0.245 e. The Labute approximate surface area is 169 Å². The van der Waals surface area contributed by atoms with Crippen molar-refractivity contribution < 1.29 is 9.59 Å². The number of rotatable bonds is 7. The van der Waals surface area contributed by atoms with E-state index in [2.05, 4.69) is 10.3 Å². The summed E-state index contributed by atoms with van der Waals surface area (Å²) >= 11 is 1.35. The van der Waals surface area contributed by atoms with E-state index in [-0.39, 0.29) is 24.4 Å². The molecule has 2 amide bonds. The van der Waals surface area contributed by atoms with Gasteiger partial charge >= 0.3 is 0 Å². The Morgan fingerprint density at radius 3 is 2.04 bits per heavy atom. The van der Waals surface area contributed by atoms with Crippen molar-refractivity contribution in [3.8, 4) is 0 Å². The third kappa shape index (κ3) is 4.84. The third-order valence-corrected chi connectivity index (χ3v) is 5.10. The minimum absolute atomic E-state index is 0.0216. The SMILES string of the molecule is CC(C)N(CC(=O)Nc1nccs1)C(=O)C(c1ccccc1)c1ccccc1. The number of nitrogens with zero attached hydrogens (tertiary/aromatic N) is 2. The first kappa shape index (κ1) is 19.8. The molecule has 0 aliphatic carbocycles. The molecule has 0 aliphatic heterocycles. The predicted octanol–water partition coefficient (Wildman–Crippen LogP) is 4.15. The van der Waals surface area contributed by atoms with E-state index in [0.29, 0.717) is 5.13 Å². The molecule has 0 atom stereocenters. The average molecular weight is 394 g/mol. The van der Waals surface area contributed by atoms with Crippen LogP contribution in [0.2, 0.25) is 0 Å². The van der Waals surface area contributed by atoms with Gasteiger partial charge in [-0.3, -0.25) is 9.59 Å². The maximum Gasteiger partial charge on any atom is 0.245 e. The normalized spacial score (nSPS) is 10.9. The maximum absolute atomic E-state index is 13.6. The van der Waals surface area contributed by atoms with E-state index in [1.807, 2.05) is 74.5 Å². The van der Waals surface area contributed by atoms with E-state index >= 15 is 0 Å². The van der Waals surface area contributed by atoms with Crippen LogP contribution in [0.3, 0.4) is 0 Å². The zero-order valence-electron chi connectivity index (χ0n) is 15.9. The van der Waals surface area contributed by atoms with Crippen LogP contribution in [0.15, 0.2) is 72.2 Å². The Hall–Kier alpha value is -2.99. The highest BCUT2D eigenvalue weighted by Gasteiger charge is 2.30. The molecular weight excluding hydrogens is 370 g/mol. The number of anilines is 1. The predicted molar refractivity (Wildman–Crippen MR) is 112 cm³/mol. The van der Waals surface area contributed by atoms with Crippen molar-refractivity contribution in [2.24, 2.45) is 0 Å². The van der Waals surface area contributed by atoms with Crippen LogP contribution in [0, 0.1) is 0 Å². The first-order valence-corrected chi connectivity index (χ1v) is 10.0. The first-order chi connectivity index (χ1) is 13.6. The van der Waals surface area contributed by atoms with E-state index in [9.17, 15) is 9.59 Å². The van der Waals surface area contributed by atoms with Gasteiger partial charge in [-0.25, -0.2) is 4.98 Å². The van der Waals surface area contributed by atoms with Gasteiger partial charge in [-0.15, -0.1) is 11.3 Å². The zero-order chi connectivity index (χ0) is 19.9. The number of thiazole rings is 1. The van der Waals surface area contributed by atoms with E-state index in [1.165, 1.54) is 11.3 Å². The molecule has 0 unspecified atom stereocenters. The fourth-order valence-corrected chi connectivity index (χ4v) is 3.59. The standard InChI is InChI=1S/C22H23N3O2S/c1-16(2)25(15-19(26)24-22-23-13-14-28-22)21(27)20(17-9-5-3-6-10-17)18-11-7-4-8-12-18/h3-14,16,20H,15H2,1-2H3,(H,23,24,26). The molecule has 2 aromatic carbocycles. The molecular formula is C22H23N3O2S. The van der Waals surface area contributed by atoms with Crippen LogP contribution in [0.5, 0.6) is 0 Å². The number of amides is 2. The Morgan fingerprint density at radius 1 is 1.00 bits per heavy atom. The van der Waals surface area contributed by atoms with Gasteiger partial charge in [0, 0.05) is 17.6 Å². The molecule has 3 rings (SSSR count). The highest BCUT2D eigenvalue weighted by molar-refractivity contribution is 7.13. The van der Waals surface area contributed by atoms with Crippen LogP contribution in [0.1, 0.15) is 30.9 Å². The van der Waals surface area contributed by atoms with Crippen LogP contribution >= 0.6 is 11.3 Å². The second-order valence-electron chi connectivity index (χ2n) is 6.70. The Bertz CT molecular complexity index is 857. The summed E-state index contributed by atoms with van der Waals surface area (Å²) in [4.78, 5) is 31.7. The number of aromatic nitrogens is 1. The van der Waals surface area contributed by atoms with E-state index in [1.54, 1.807) is 16.5 Å². The summed E-state index contributed by atoms with van der Waals surface area (Å²) in [5, 5.41) is 5.08. The molecule has 1 N–H and O–H groups in total. The summed E-state index contributed by atoms with van der Waals surface area (Å²) in [6.07, 6.45) is 1.63. The number of carbonyl (C=O) groups excluding carboxylic acids is 2. The number of carbonyl (C=O) groups is 2. The van der Waals surface area contributed by atoms with Gasteiger partial charge in [0.2, 0.25) is 11.8 Å². The fraction of sp³-hybridized carbons (Fsp3) is 0.227. The molecule has 0 spiro atoms. The van der Waals surface area contributed by atoms with Crippen LogP contribution in [-0.2, 0) is 9.59 Å². The summed E-state index contributed by atoms with van der Waals surface area (Å²) in [6, 6.07) is 19.2. The van der Waals surface area contributed by atoms with Crippen molar-refractivity contribution in [3.05, 3.63) is 83.4 Å². The number of hydrogen-bond acceptors (Lipinski definition) is 4. The monoisotopic (exact) mass is 393 g/mol. The molecule has 28 heavy (non-hydrogen) atoms. The molecule has 0 bridgehead atoms. The molecule has 0 radical (unpaired) electrons. The molecule has 1 aromatic heterocycles. The highest BCUT2D eigenvalue weighted by Crippen LogP contribution is 2.27. The van der Waals surface area contributed by atoms with E-state index in [4.69, 9.17) is 0 Å². The van der Waals surface area contributed by atoms with Gasteiger partial charge in [-0.05, 0) is 25.0 Å². The summed E-state index contributed by atoms with van der Waals surface area (Å²) in [7, 11) is 0. The Morgan fingerprint density at radius 2 is 1.57 bits per heavy atom. The summed E-state index contributed by atoms with van der Waals surface area (Å²) in [5.41, 5.74) is 1.81. The Balaban J connectivity index is 1.87. The molecule has 5 nitrogen and oxygen atoms in total. The quantitative estimate of drug-likeness (QED) is 0.656. The molecule has 6 heteroatoms. The van der Waals surface area contributed by atoms with Gasteiger partial charge in [-0.2, -0.15) is 0 Å². The lowest BCUT2D eigenvalue weighted by molar-refractivity contribution is -0.137. The van der Waals surface area contributed by atoms with Crippen LogP contribution < -0.4 is 5.32 Å². The summed E-state index contributed by atoms with van der Waals surface area (Å²) in [5.74, 6) is -0.809. The van der Waals surface area contributed by atoms with Gasteiger partial charge < -0.3 is 10.2 Å². The minimum Gasteiger partial charge on any atom is -0.330 e.